The van der Waals surface area contributed by atoms with Gasteiger partial charge in [-0.25, -0.2) is 4.98 Å². The number of nitrogens with one attached hydrogen (secondary N) is 1. The van der Waals surface area contributed by atoms with Crippen LogP contribution in [0.25, 0.3) is 22.3 Å². The number of aromatic nitrogens is 2. The minimum atomic E-state index is -0.238. The molecule has 3 aromatic rings. The van der Waals surface area contributed by atoms with Crippen molar-refractivity contribution in [2.24, 2.45) is 0 Å². The highest BCUT2D eigenvalue weighted by Crippen LogP contribution is 2.29. The van der Waals surface area contributed by atoms with E-state index < -0.39 is 0 Å². The first kappa shape index (κ1) is 18.9. The molecule has 0 radical (unpaired) electrons. The number of aromatic amines is 1. The lowest BCUT2D eigenvalue weighted by atomic mass is 10.0. The van der Waals surface area contributed by atoms with E-state index in [2.05, 4.69) is 9.97 Å². The van der Waals surface area contributed by atoms with Crippen LogP contribution >= 0.6 is 0 Å². The second-order valence-corrected chi connectivity index (χ2v) is 7.18. The predicted molar refractivity (Wildman–Crippen MR) is 108 cm³/mol. The van der Waals surface area contributed by atoms with Gasteiger partial charge in [0.2, 0.25) is 0 Å². The van der Waals surface area contributed by atoms with Crippen molar-refractivity contribution in [1.82, 2.24) is 14.9 Å². The summed E-state index contributed by atoms with van der Waals surface area (Å²) in [6, 6.07) is 7.38. The monoisotopic (exact) mass is 367 g/mol. The largest absolute Gasteiger partial charge is 0.507 e. The Kier molecular flexibility index (Phi) is 5.19. The van der Waals surface area contributed by atoms with Crippen LogP contribution in [0.5, 0.6) is 11.5 Å². The van der Waals surface area contributed by atoms with Gasteiger partial charge in [-0.2, -0.15) is 0 Å². The van der Waals surface area contributed by atoms with Crippen LogP contribution in [0.2, 0.25) is 0 Å². The van der Waals surface area contributed by atoms with Gasteiger partial charge < -0.3 is 19.7 Å². The number of ether oxygens (including phenoxy) is 1. The molecule has 6 nitrogen and oxygen atoms in total. The fraction of sp³-hybridized carbons (Fsp3) is 0.333. The molecule has 27 heavy (non-hydrogen) atoms. The highest BCUT2D eigenvalue weighted by atomic mass is 16.5. The number of likely N-dealkylation sites (N-methyl/N-ethyl adjacent to an activating group) is 1. The number of benzene rings is 2. The Morgan fingerprint density at radius 1 is 1.11 bits per heavy atom. The van der Waals surface area contributed by atoms with Crippen molar-refractivity contribution in [2.45, 2.75) is 20.8 Å². The standard InChI is InChI=1S/C21H25N3O3/c1-12-8-16-18(17(9-12)27-7-6-24(4)5)21(26)23-20(22-16)15-10-13(2)19(25)14(3)11-15/h8-11,25H,6-7H2,1-5H3,(H,22,23,26). The van der Waals surface area contributed by atoms with E-state index in [1.807, 2.05) is 64.0 Å². The molecule has 2 N–H and O–H groups in total. The van der Waals surface area contributed by atoms with E-state index in [9.17, 15) is 9.90 Å². The van der Waals surface area contributed by atoms with Crippen molar-refractivity contribution < 1.29 is 9.84 Å². The molecule has 6 heteroatoms. The van der Waals surface area contributed by atoms with Crippen molar-refractivity contribution in [2.75, 3.05) is 27.2 Å². The second kappa shape index (κ2) is 7.40. The molecule has 0 aliphatic rings. The lowest BCUT2D eigenvalue weighted by molar-refractivity contribution is 0.263. The maximum Gasteiger partial charge on any atom is 0.262 e. The number of rotatable bonds is 5. The van der Waals surface area contributed by atoms with Gasteiger partial charge in [0.15, 0.2) is 0 Å². The van der Waals surface area contributed by atoms with Gasteiger partial charge in [-0.3, -0.25) is 4.79 Å². The molecule has 3 rings (SSSR count). The van der Waals surface area contributed by atoms with Gasteiger partial charge in [-0.1, -0.05) is 0 Å². The van der Waals surface area contributed by atoms with E-state index in [4.69, 9.17) is 4.74 Å². The van der Waals surface area contributed by atoms with Crippen LogP contribution in [0.15, 0.2) is 29.1 Å². The van der Waals surface area contributed by atoms with E-state index in [-0.39, 0.29) is 11.3 Å². The molecule has 1 heterocycles. The minimum Gasteiger partial charge on any atom is -0.507 e. The van der Waals surface area contributed by atoms with Gasteiger partial charge in [-0.15, -0.1) is 0 Å². The van der Waals surface area contributed by atoms with Crippen LogP contribution in [0.3, 0.4) is 0 Å². The van der Waals surface area contributed by atoms with Crippen LogP contribution in [0, 0.1) is 20.8 Å². The Morgan fingerprint density at radius 3 is 2.41 bits per heavy atom. The van der Waals surface area contributed by atoms with Crippen molar-refractivity contribution in [3.8, 4) is 22.9 Å². The first-order chi connectivity index (χ1) is 12.8. The highest BCUT2D eigenvalue weighted by Gasteiger charge is 2.14. The van der Waals surface area contributed by atoms with E-state index >= 15 is 0 Å². The molecule has 142 valence electrons. The average molecular weight is 367 g/mol. The molecule has 0 aliphatic carbocycles. The number of aryl methyl sites for hydroxylation is 3. The van der Waals surface area contributed by atoms with Crippen LogP contribution in [-0.4, -0.2) is 47.2 Å². The van der Waals surface area contributed by atoms with Crippen LogP contribution in [0.4, 0.5) is 0 Å². The summed E-state index contributed by atoms with van der Waals surface area (Å²) in [5, 5.41) is 10.4. The van der Waals surface area contributed by atoms with Crippen LogP contribution in [0.1, 0.15) is 16.7 Å². The number of nitrogens with zero attached hydrogens (tertiary/aromatic N) is 2. The minimum absolute atomic E-state index is 0.238. The van der Waals surface area contributed by atoms with E-state index in [1.165, 1.54) is 0 Å². The Morgan fingerprint density at radius 2 is 1.78 bits per heavy atom. The quantitative estimate of drug-likeness (QED) is 0.724. The molecule has 1 aromatic heterocycles. The topological polar surface area (TPSA) is 78.5 Å². The zero-order valence-electron chi connectivity index (χ0n) is 16.4. The predicted octanol–water partition coefficient (Wildman–Crippen LogP) is 3.16. The Balaban J connectivity index is 2.11. The number of phenols is 1. The number of aromatic hydroxyl groups is 1. The van der Waals surface area contributed by atoms with Crippen molar-refractivity contribution in [1.29, 1.82) is 0 Å². The summed E-state index contributed by atoms with van der Waals surface area (Å²) in [5.41, 5.74) is 3.58. The molecule has 0 spiro atoms. The molecular weight excluding hydrogens is 342 g/mol. The molecule has 0 bridgehead atoms. The molecule has 0 unspecified atom stereocenters. The maximum atomic E-state index is 12.8. The molecule has 0 atom stereocenters. The molecule has 2 aromatic carbocycles. The summed E-state index contributed by atoms with van der Waals surface area (Å²) in [5.74, 6) is 1.28. The summed E-state index contributed by atoms with van der Waals surface area (Å²) in [6.07, 6.45) is 0. The van der Waals surface area contributed by atoms with Crippen molar-refractivity contribution in [3.63, 3.8) is 0 Å². The SMILES string of the molecule is Cc1cc(OCCN(C)C)c2c(=O)[nH]c(-c3cc(C)c(O)c(C)c3)nc2c1. The highest BCUT2D eigenvalue weighted by molar-refractivity contribution is 5.86. The summed E-state index contributed by atoms with van der Waals surface area (Å²) in [6.45, 7) is 6.85. The molecule has 0 fully saturated rings. The maximum absolute atomic E-state index is 12.8. The first-order valence-electron chi connectivity index (χ1n) is 8.89. The second-order valence-electron chi connectivity index (χ2n) is 7.18. The third-order valence-electron chi connectivity index (χ3n) is 4.48. The fourth-order valence-corrected chi connectivity index (χ4v) is 3.05. The summed E-state index contributed by atoms with van der Waals surface area (Å²) in [4.78, 5) is 22.3. The van der Waals surface area contributed by atoms with Gasteiger partial charge in [-0.05, 0) is 75.8 Å². The molecule has 0 aliphatic heterocycles. The Hall–Kier alpha value is -2.86. The number of hydrogen-bond acceptors (Lipinski definition) is 5. The van der Waals surface area contributed by atoms with Gasteiger partial charge in [0.25, 0.3) is 5.56 Å². The van der Waals surface area contributed by atoms with E-state index in [0.29, 0.717) is 29.1 Å². The summed E-state index contributed by atoms with van der Waals surface area (Å²) < 4.78 is 5.86. The van der Waals surface area contributed by atoms with Gasteiger partial charge in [0.05, 0.1) is 5.52 Å². The van der Waals surface area contributed by atoms with E-state index in [1.54, 1.807) is 0 Å². The Labute approximate surface area is 158 Å². The number of fused-ring (bicyclic) bond motifs is 1. The Bertz CT molecular complexity index is 1030. The lowest BCUT2D eigenvalue weighted by Crippen LogP contribution is -2.20. The van der Waals surface area contributed by atoms with Crippen molar-refractivity contribution >= 4 is 10.9 Å². The summed E-state index contributed by atoms with van der Waals surface area (Å²) in [7, 11) is 3.94. The number of hydrogen-bond donors (Lipinski definition) is 2. The van der Waals surface area contributed by atoms with Crippen molar-refractivity contribution in [3.05, 3.63) is 51.3 Å². The normalized spacial score (nSPS) is 11.3. The molecule has 0 saturated heterocycles. The molecular formula is C21H25N3O3. The third-order valence-corrected chi connectivity index (χ3v) is 4.48. The van der Waals surface area contributed by atoms with E-state index in [0.717, 1.165) is 28.8 Å². The average Bonchev–Trinajstić information content (AvgIpc) is 2.58. The zero-order valence-corrected chi connectivity index (χ0v) is 16.4. The van der Waals surface area contributed by atoms with Crippen LogP contribution in [-0.2, 0) is 0 Å². The van der Waals surface area contributed by atoms with Gasteiger partial charge in [0, 0.05) is 12.1 Å². The van der Waals surface area contributed by atoms with Gasteiger partial charge in [0.1, 0.15) is 29.3 Å². The third kappa shape index (κ3) is 3.95. The van der Waals surface area contributed by atoms with Gasteiger partial charge >= 0.3 is 0 Å². The zero-order chi connectivity index (χ0) is 19.7. The van der Waals surface area contributed by atoms with Crippen LogP contribution < -0.4 is 10.3 Å². The first-order valence-corrected chi connectivity index (χ1v) is 8.89. The molecule has 0 saturated carbocycles. The number of H-pyrrole nitrogens is 1. The molecule has 0 amide bonds. The summed E-state index contributed by atoms with van der Waals surface area (Å²) >= 11 is 0. The smallest absolute Gasteiger partial charge is 0.262 e. The number of phenolic OH excluding ortho intramolecular Hbond substituents is 1. The lowest BCUT2D eigenvalue weighted by Gasteiger charge is -2.14. The fourth-order valence-electron chi connectivity index (χ4n) is 3.05.